The third-order valence-corrected chi connectivity index (χ3v) is 8.65. The summed E-state index contributed by atoms with van der Waals surface area (Å²) in [5.41, 5.74) is 1.21. The van der Waals surface area contributed by atoms with Crippen molar-refractivity contribution in [2.24, 2.45) is 16.8 Å². The molecule has 0 radical (unpaired) electrons. The molecule has 7 heteroatoms. The van der Waals surface area contributed by atoms with Gasteiger partial charge in [0.1, 0.15) is 5.66 Å². The first-order valence-electron chi connectivity index (χ1n) is 14.6. The highest BCUT2D eigenvalue weighted by Crippen LogP contribution is 2.47. The average Bonchev–Trinajstić information content (AvgIpc) is 3.19. The fourth-order valence-corrected chi connectivity index (χ4v) is 6.42. The Morgan fingerprint density at radius 1 is 1.14 bits per heavy atom. The third kappa shape index (κ3) is 6.02. The number of aliphatic imine (C=N–C) groups is 1. The first-order chi connectivity index (χ1) is 17.9. The lowest BCUT2D eigenvalue weighted by molar-refractivity contribution is -0.134. The number of likely N-dealkylation sites (tertiary alicyclic amines) is 1. The van der Waals surface area contributed by atoms with Gasteiger partial charge >= 0.3 is 0 Å². The van der Waals surface area contributed by atoms with Crippen molar-refractivity contribution < 1.29 is 14.7 Å². The first kappa shape index (κ1) is 27.6. The van der Waals surface area contributed by atoms with Crippen LogP contribution in [0.5, 0.6) is 0 Å². The summed E-state index contributed by atoms with van der Waals surface area (Å²) in [5, 5.41) is 11.8. The van der Waals surface area contributed by atoms with Crippen molar-refractivity contribution in [1.82, 2.24) is 15.1 Å². The Morgan fingerprint density at radius 2 is 1.81 bits per heavy atom. The van der Waals surface area contributed by atoms with Crippen molar-refractivity contribution in [2.45, 2.75) is 96.7 Å². The molecule has 1 spiro atoms. The van der Waals surface area contributed by atoms with Gasteiger partial charge in [0, 0.05) is 31.8 Å². The van der Waals surface area contributed by atoms with Gasteiger partial charge in [0.2, 0.25) is 0 Å². The second-order valence-corrected chi connectivity index (χ2v) is 11.5. The van der Waals surface area contributed by atoms with Crippen molar-refractivity contribution in [3.63, 3.8) is 0 Å². The molecule has 1 aromatic rings. The van der Waals surface area contributed by atoms with Gasteiger partial charge in [0.15, 0.2) is 5.84 Å². The zero-order valence-electron chi connectivity index (χ0n) is 23.0. The molecule has 0 unspecified atom stereocenters. The molecule has 37 heavy (non-hydrogen) atoms. The molecule has 1 aliphatic carbocycles. The molecular weight excluding hydrogens is 464 g/mol. The molecular formula is C30H46N4O3. The lowest BCUT2D eigenvalue weighted by Crippen LogP contribution is -2.52. The van der Waals surface area contributed by atoms with Crippen LogP contribution >= 0.6 is 0 Å². The highest BCUT2D eigenvalue weighted by molar-refractivity contribution is 6.39. The van der Waals surface area contributed by atoms with Gasteiger partial charge in [0.05, 0.1) is 6.04 Å². The average molecular weight is 511 g/mol. The normalized spacial score (nSPS) is 25.1. The molecule has 4 rings (SSSR count). The van der Waals surface area contributed by atoms with Crippen LogP contribution in [0.15, 0.2) is 29.3 Å². The topological polar surface area (TPSA) is 85.2 Å². The first-order valence-corrected chi connectivity index (χ1v) is 14.6. The van der Waals surface area contributed by atoms with E-state index in [1.54, 1.807) is 0 Å². The van der Waals surface area contributed by atoms with Crippen molar-refractivity contribution in [2.75, 3.05) is 26.2 Å². The summed E-state index contributed by atoms with van der Waals surface area (Å²) in [5.74, 6) is 1.97. The van der Waals surface area contributed by atoms with Crippen LogP contribution in [-0.4, -0.2) is 64.5 Å². The molecule has 2 amide bonds. The van der Waals surface area contributed by atoms with Gasteiger partial charge in [-0.05, 0) is 87.3 Å². The summed E-state index contributed by atoms with van der Waals surface area (Å²) >= 11 is 0. The van der Waals surface area contributed by atoms with Gasteiger partial charge in [-0.15, -0.1) is 0 Å². The van der Waals surface area contributed by atoms with Crippen molar-refractivity contribution in [3.05, 3.63) is 35.4 Å². The number of nitrogens with one attached hydrogen (secondary N) is 1. The van der Waals surface area contributed by atoms with Gasteiger partial charge < -0.3 is 20.2 Å². The molecule has 3 aliphatic rings. The van der Waals surface area contributed by atoms with Crippen LogP contribution < -0.4 is 5.32 Å². The fraction of sp³-hybridized carbons (Fsp3) is 0.700. The van der Waals surface area contributed by atoms with E-state index in [0.29, 0.717) is 36.2 Å². The van der Waals surface area contributed by atoms with Crippen molar-refractivity contribution >= 4 is 17.6 Å². The van der Waals surface area contributed by atoms with E-state index in [1.807, 2.05) is 24.3 Å². The van der Waals surface area contributed by atoms with Crippen LogP contribution in [0.1, 0.15) is 107 Å². The van der Waals surface area contributed by atoms with Gasteiger partial charge in [-0.2, -0.15) is 0 Å². The Balaban J connectivity index is 1.62. The Morgan fingerprint density at radius 3 is 2.41 bits per heavy atom. The minimum absolute atomic E-state index is 0.0585. The molecule has 1 saturated carbocycles. The third-order valence-electron chi connectivity index (χ3n) is 8.65. The molecule has 2 N–H and O–H groups in total. The fourth-order valence-electron chi connectivity index (χ4n) is 6.42. The van der Waals surface area contributed by atoms with E-state index in [2.05, 4.69) is 35.9 Å². The number of aliphatic hydroxyl groups is 1. The highest BCUT2D eigenvalue weighted by Gasteiger charge is 2.52. The number of hydrogen-bond donors (Lipinski definition) is 2. The molecule has 0 bridgehead atoms. The van der Waals surface area contributed by atoms with Crippen molar-refractivity contribution in [1.29, 1.82) is 0 Å². The summed E-state index contributed by atoms with van der Waals surface area (Å²) in [4.78, 5) is 36.4. The summed E-state index contributed by atoms with van der Waals surface area (Å²) < 4.78 is 0. The number of benzene rings is 1. The number of nitrogens with zero attached hydrogens (tertiary/aromatic N) is 3. The molecule has 1 saturated heterocycles. The van der Waals surface area contributed by atoms with E-state index in [4.69, 9.17) is 10.1 Å². The van der Waals surface area contributed by atoms with Crippen LogP contribution in [0, 0.1) is 11.8 Å². The molecule has 2 fully saturated rings. The number of amides is 2. The largest absolute Gasteiger partial charge is 0.396 e. The Labute approximate surface area is 222 Å². The molecule has 2 aliphatic heterocycles. The van der Waals surface area contributed by atoms with E-state index in [9.17, 15) is 9.59 Å². The van der Waals surface area contributed by atoms with Crippen LogP contribution in [0.25, 0.3) is 0 Å². The van der Waals surface area contributed by atoms with E-state index < -0.39 is 5.66 Å². The predicted octanol–water partition coefficient (Wildman–Crippen LogP) is 4.91. The van der Waals surface area contributed by atoms with E-state index in [0.717, 1.165) is 70.0 Å². The standard InChI is InChI=1S/C30H46N4O3/c1-4-9-26(24-10-12-25(13-11-24)28(36)31-18-8-21-35)34-29(37)27(33-19-6-5-7-20-33)32-30(34)16-14-23(15-17-30)22(2)3/h10-13,22-23,26,35H,4-9,14-21H2,1-3H3,(H,31,36)/t23?,26-,30?/m1/s1. The smallest absolute Gasteiger partial charge is 0.291 e. The minimum atomic E-state index is -0.463. The number of hydrogen-bond acceptors (Lipinski definition) is 5. The predicted molar refractivity (Wildman–Crippen MR) is 147 cm³/mol. The van der Waals surface area contributed by atoms with E-state index in [1.165, 1.54) is 6.42 Å². The van der Waals surface area contributed by atoms with Crippen LogP contribution in [0.2, 0.25) is 0 Å². The summed E-state index contributed by atoms with van der Waals surface area (Å²) in [7, 11) is 0. The number of piperidine rings is 1. The zero-order chi connectivity index (χ0) is 26.4. The Bertz CT molecular complexity index is 944. The van der Waals surface area contributed by atoms with Crippen LogP contribution in [-0.2, 0) is 4.79 Å². The molecule has 1 atom stereocenters. The lowest BCUT2D eigenvalue weighted by Gasteiger charge is -2.46. The second-order valence-electron chi connectivity index (χ2n) is 11.5. The van der Waals surface area contributed by atoms with Gasteiger partial charge in [0.25, 0.3) is 11.8 Å². The maximum absolute atomic E-state index is 14.2. The molecule has 204 valence electrons. The van der Waals surface area contributed by atoms with Crippen LogP contribution in [0.3, 0.4) is 0 Å². The molecule has 7 nitrogen and oxygen atoms in total. The highest BCUT2D eigenvalue weighted by atomic mass is 16.3. The quantitative estimate of drug-likeness (QED) is 0.462. The molecule has 2 heterocycles. The molecule has 0 aromatic heterocycles. The van der Waals surface area contributed by atoms with E-state index in [-0.39, 0.29) is 24.5 Å². The maximum atomic E-state index is 14.2. The van der Waals surface area contributed by atoms with E-state index >= 15 is 0 Å². The number of carbonyl (C=O) groups excluding carboxylic acids is 2. The Hall–Kier alpha value is -2.41. The number of carbonyl (C=O) groups is 2. The van der Waals surface area contributed by atoms with Crippen molar-refractivity contribution in [3.8, 4) is 0 Å². The van der Waals surface area contributed by atoms with Crippen LogP contribution in [0.4, 0.5) is 0 Å². The summed E-state index contributed by atoms with van der Waals surface area (Å²) in [6, 6.07) is 7.69. The molecule has 1 aromatic carbocycles. The number of aliphatic hydroxyl groups excluding tert-OH is 1. The summed E-state index contributed by atoms with van der Waals surface area (Å²) in [6.07, 6.45) is 9.88. The number of amidine groups is 1. The maximum Gasteiger partial charge on any atom is 0.291 e. The van der Waals surface area contributed by atoms with Gasteiger partial charge in [-0.3, -0.25) is 9.59 Å². The SMILES string of the molecule is CCC[C@H](c1ccc(C(=O)NCCCO)cc1)N1C(=O)C(N2CCCCC2)=NC12CCC(C(C)C)CC2. The monoisotopic (exact) mass is 510 g/mol. The Kier molecular flexibility index (Phi) is 9.27. The minimum Gasteiger partial charge on any atom is -0.396 e. The summed E-state index contributed by atoms with van der Waals surface area (Å²) in [6.45, 7) is 9.14. The zero-order valence-corrected chi connectivity index (χ0v) is 23.0. The van der Waals surface area contributed by atoms with Gasteiger partial charge in [-0.25, -0.2) is 4.99 Å². The van der Waals surface area contributed by atoms with Gasteiger partial charge in [-0.1, -0.05) is 39.3 Å². The number of rotatable bonds is 9. The second kappa shape index (κ2) is 12.4. The lowest BCUT2D eigenvalue weighted by atomic mass is 9.76.